The Hall–Kier alpha value is -3.68. The minimum absolute atomic E-state index is 0.261. The molecule has 0 saturated heterocycles. The Morgan fingerprint density at radius 2 is 1.04 bits per heavy atom. The zero-order valence-corrected chi connectivity index (χ0v) is 13.8. The molecular formula is C18H16N6O2. The minimum atomic E-state index is 0.261. The Labute approximate surface area is 149 Å². The van der Waals surface area contributed by atoms with E-state index in [1.807, 2.05) is 60.7 Å². The smallest absolute Gasteiger partial charge is 0.322 e. The summed E-state index contributed by atoms with van der Waals surface area (Å²) >= 11 is 0. The Morgan fingerprint density at radius 1 is 0.615 bits per heavy atom. The second-order valence-electron chi connectivity index (χ2n) is 5.52. The molecule has 2 N–H and O–H groups in total. The highest BCUT2D eigenvalue weighted by atomic mass is 16.5. The number of aromatic nitrogens is 4. The van der Waals surface area contributed by atoms with Crippen LogP contribution in [-0.2, 0) is 13.1 Å². The minimum Gasteiger partial charge on any atom is -0.334 e. The average molecular weight is 348 g/mol. The standard InChI is InChI=1S/C18H16N6O2/c1-3-7-13(8-4-1)11-19-17-21-15(23-25-17)16-22-18(26-24-16)20-12-14-9-5-2-6-10-14/h1-10H,11-12H2,(H,19,21,23)(H,20,22,24). The zero-order valence-electron chi connectivity index (χ0n) is 13.8. The normalized spacial score (nSPS) is 10.6. The van der Waals surface area contributed by atoms with Crippen molar-refractivity contribution in [1.82, 2.24) is 20.3 Å². The van der Waals surface area contributed by atoms with Crippen molar-refractivity contribution < 1.29 is 9.05 Å². The van der Waals surface area contributed by atoms with Gasteiger partial charge in [-0.2, -0.15) is 9.97 Å². The first-order chi connectivity index (χ1) is 12.9. The van der Waals surface area contributed by atoms with Crippen LogP contribution in [0, 0.1) is 0 Å². The van der Waals surface area contributed by atoms with Gasteiger partial charge in [0.1, 0.15) is 0 Å². The number of anilines is 2. The van der Waals surface area contributed by atoms with Crippen molar-refractivity contribution in [2.75, 3.05) is 10.6 Å². The summed E-state index contributed by atoms with van der Waals surface area (Å²) in [5.41, 5.74) is 2.22. The van der Waals surface area contributed by atoms with Gasteiger partial charge in [0.2, 0.25) is 11.6 Å². The number of nitrogens with one attached hydrogen (secondary N) is 2. The first-order valence-electron chi connectivity index (χ1n) is 8.10. The van der Waals surface area contributed by atoms with Crippen LogP contribution in [0.1, 0.15) is 11.1 Å². The van der Waals surface area contributed by atoms with Gasteiger partial charge in [0, 0.05) is 13.1 Å². The van der Waals surface area contributed by atoms with Gasteiger partial charge in [0.25, 0.3) is 0 Å². The summed E-state index contributed by atoms with van der Waals surface area (Å²) in [7, 11) is 0. The predicted molar refractivity (Wildman–Crippen MR) is 95.1 cm³/mol. The van der Waals surface area contributed by atoms with Crippen LogP contribution in [0.25, 0.3) is 11.6 Å². The maximum absolute atomic E-state index is 5.17. The highest BCUT2D eigenvalue weighted by Gasteiger charge is 2.15. The van der Waals surface area contributed by atoms with E-state index in [2.05, 4.69) is 30.9 Å². The van der Waals surface area contributed by atoms with Crippen molar-refractivity contribution >= 4 is 12.0 Å². The second kappa shape index (κ2) is 7.47. The summed E-state index contributed by atoms with van der Waals surface area (Å²) in [4.78, 5) is 8.45. The van der Waals surface area contributed by atoms with E-state index in [0.717, 1.165) is 11.1 Å². The topological polar surface area (TPSA) is 102 Å². The van der Waals surface area contributed by atoms with Crippen LogP contribution in [0.3, 0.4) is 0 Å². The first-order valence-corrected chi connectivity index (χ1v) is 8.10. The molecule has 2 aromatic carbocycles. The van der Waals surface area contributed by atoms with E-state index in [1.54, 1.807) is 0 Å². The van der Waals surface area contributed by atoms with Crippen LogP contribution in [0.4, 0.5) is 12.0 Å². The number of hydrogen-bond acceptors (Lipinski definition) is 8. The maximum atomic E-state index is 5.17. The van der Waals surface area contributed by atoms with Crippen molar-refractivity contribution in [1.29, 1.82) is 0 Å². The van der Waals surface area contributed by atoms with Crippen LogP contribution < -0.4 is 10.6 Å². The van der Waals surface area contributed by atoms with E-state index < -0.39 is 0 Å². The molecule has 8 heteroatoms. The molecule has 0 bridgehead atoms. The lowest BCUT2D eigenvalue weighted by Crippen LogP contribution is -1.99. The van der Waals surface area contributed by atoms with Gasteiger partial charge in [-0.3, -0.25) is 0 Å². The molecule has 0 aliphatic carbocycles. The van der Waals surface area contributed by atoms with E-state index in [0.29, 0.717) is 25.1 Å². The van der Waals surface area contributed by atoms with Crippen LogP contribution >= 0.6 is 0 Å². The van der Waals surface area contributed by atoms with Crippen LogP contribution in [0.2, 0.25) is 0 Å². The van der Waals surface area contributed by atoms with Crippen molar-refractivity contribution in [2.45, 2.75) is 13.1 Å². The lowest BCUT2D eigenvalue weighted by atomic mass is 10.2. The summed E-state index contributed by atoms with van der Waals surface area (Å²) in [6, 6.07) is 20.4. The number of benzene rings is 2. The third-order valence-corrected chi connectivity index (χ3v) is 3.63. The molecule has 0 unspecified atom stereocenters. The molecule has 0 atom stereocenters. The molecule has 4 aromatic rings. The predicted octanol–water partition coefficient (Wildman–Crippen LogP) is 3.34. The summed E-state index contributed by atoms with van der Waals surface area (Å²) in [5, 5.41) is 13.9. The van der Waals surface area contributed by atoms with Gasteiger partial charge in [0.15, 0.2) is 0 Å². The Balaban J connectivity index is 1.36. The average Bonchev–Trinajstić information content (AvgIpc) is 3.36. The van der Waals surface area contributed by atoms with E-state index in [-0.39, 0.29) is 11.6 Å². The molecule has 0 radical (unpaired) electrons. The molecule has 0 aliphatic heterocycles. The molecular weight excluding hydrogens is 332 g/mol. The third kappa shape index (κ3) is 3.86. The molecule has 2 heterocycles. The van der Waals surface area contributed by atoms with Crippen molar-refractivity contribution in [3.63, 3.8) is 0 Å². The monoisotopic (exact) mass is 348 g/mol. The fraction of sp³-hybridized carbons (Fsp3) is 0.111. The van der Waals surface area contributed by atoms with Crippen molar-refractivity contribution in [3.8, 4) is 11.6 Å². The molecule has 4 rings (SSSR count). The van der Waals surface area contributed by atoms with Gasteiger partial charge < -0.3 is 19.7 Å². The van der Waals surface area contributed by atoms with Crippen LogP contribution in [-0.4, -0.2) is 20.3 Å². The molecule has 2 aromatic heterocycles. The van der Waals surface area contributed by atoms with Gasteiger partial charge in [0.05, 0.1) is 0 Å². The highest BCUT2D eigenvalue weighted by Crippen LogP contribution is 2.17. The Kier molecular flexibility index (Phi) is 4.55. The molecule has 130 valence electrons. The van der Waals surface area contributed by atoms with Gasteiger partial charge >= 0.3 is 12.0 Å². The Bertz CT molecular complexity index is 872. The van der Waals surface area contributed by atoms with Gasteiger partial charge in [-0.15, -0.1) is 0 Å². The third-order valence-electron chi connectivity index (χ3n) is 3.63. The van der Waals surface area contributed by atoms with Gasteiger partial charge in [-0.1, -0.05) is 71.0 Å². The molecule has 26 heavy (non-hydrogen) atoms. The summed E-state index contributed by atoms with van der Waals surface area (Å²) in [5.74, 6) is 0.522. The number of nitrogens with zero attached hydrogens (tertiary/aromatic N) is 4. The van der Waals surface area contributed by atoms with Crippen LogP contribution in [0.15, 0.2) is 69.7 Å². The molecule has 0 fully saturated rings. The van der Waals surface area contributed by atoms with Crippen molar-refractivity contribution in [2.24, 2.45) is 0 Å². The van der Waals surface area contributed by atoms with Crippen LogP contribution in [0.5, 0.6) is 0 Å². The summed E-state index contributed by atoms with van der Waals surface area (Å²) in [6.07, 6.45) is 0. The lowest BCUT2D eigenvalue weighted by Gasteiger charge is -1.99. The molecule has 8 nitrogen and oxygen atoms in total. The molecule has 0 spiro atoms. The fourth-order valence-corrected chi connectivity index (χ4v) is 2.32. The van der Waals surface area contributed by atoms with Gasteiger partial charge in [-0.25, -0.2) is 0 Å². The van der Waals surface area contributed by atoms with Crippen molar-refractivity contribution in [3.05, 3.63) is 71.8 Å². The second-order valence-corrected chi connectivity index (χ2v) is 5.52. The molecule has 0 amide bonds. The summed E-state index contributed by atoms with van der Waals surface area (Å²) in [6.45, 7) is 1.16. The maximum Gasteiger partial charge on any atom is 0.322 e. The van der Waals surface area contributed by atoms with E-state index >= 15 is 0 Å². The number of hydrogen-bond donors (Lipinski definition) is 2. The van der Waals surface area contributed by atoms with E-state index in [9.17, 15) is 0 Å². The fourth-order valence-electron chi connectivity index (χ4n) is 2.32. The largest absolute Gasteiger partial charge is 0.334 e. The number of rotatable bonds is 7. The first kappa shape index (κ1) is 15.8. The SMILES string of the molecule is c1ccc(CNc2nc(-c3noc(NCc4ccccc4)n3)no2)cc1. The molecule has 0 aliphatic rings. The summed E-state index contributed by atoms with van der Waals surface area (Å²) < 4.78 is 10.3. The van der Waals surface area contributed by atoms with E-state index in [4.69, 9.17) is 9.05 Å². The highest BCUT2D eigenvalue weighted by molar-refractivity contribution is 5.45. The molecule has 0 saturated carbocycles. The Morgan fingerprint density at radius 3 is 1.46 bits per heavy atom. The van der Waals surface area contributed by atoms with Gasteiger partial charge in [-0.05, 0) is 11.1 Å². The quantitative estimate of drug-likeness (QED) is 0.524. The van der Waals surface area contributed by atoms with E-state index in [1.165, 1.54) is 0 Å². The lowest BCUT2D eigenvalue weighted by molar-refractivity contribution is 0.423. The zero-order chi connectivity index (χ0) is 17.6.